The van der Waals surface area contributed by atoms with Crippen LogP contribution in [0.2, 0.25) is 0 Å². The molecule has 3 heteroatoms. The fraction of sp³-hybridized carbons (Fsp3) is 0.263. The third-order valence-corrected chi connectivity index (χ3v) is 4.15. The number of rotatable bonds is 4. The molecule has 0 aliphatic heterocycles. The molecule has 0 radical (unpaired) electrons. The van der Waals surface area contributed by atoms with Gasteiger partial charge in [-0.05, 0) is 23.6 Å². The van der Waals surface area contributed by atoms with E-state index >= 15 is 0 Å². The van der Waals surface area contributed by atoms with Crippen LogP contribution < -0.4 is 14.2 Å². The predicted molar refractivity (Wildman–Crippen MR) is 88.0 cm³/mol. The number of allylic oxidation sites excluding steroid dienone is 1. The number of hydrogen-bond donors (Lipinski definition) is 0. The summed E-state index contributed by atoms with van der Waals surface area (Å²) in [5, 5.41) is 0. The Morgan fingerprint density at radius 1 is 0.818 bits per heavy atom. The van der Waals surface area contributed by atoms with Gasteiger partial charge in [0.15, 0.2) is 11.5 Å². The van der Waals surface area contributed by atoms with Crippen LogP contribution in [0.4, 0.5) is 0 Å². The first-order valence-corrected chi connectivity index (χ1v) is 7.34. The first-order valence-electron chi connectivity index (χ1n) is 7.34. The highest BCUT2D eigenvalue weighted by Gasteiger charge is 2.25. The molecule has 0 fully saturated rings. The van der Waals surface area contributed by atoms with Gasteiger partial charge in [-0.15, -0.1) is 0 Å². The van der Waals surface area contributed by atoms with Gasteiger partial charge < -0.3 is 14.2 Å². The molecule has 0 spiro atoms. The summed E-state index contributed by atoms with van der Waals surface area (Å²) >= 11 is 0. The Bertz CT molecular complexity index is 704. The standard InChI is InChI=1S/C19H20O3/c1-20-17-12-11-16(18(21-2)19(17)22-3)15-10-6-8-13-7-4-5-9-14(13)15/h4-9,11-12,15H,10H2,1-3H3. The second-order valence-corrected chi connectivity index (χ2v) is 5.24. The number of methoxy groups -OCH3 is 3. The Kier molecular flexibility index (Phi) is 4.05. The van der Waals surface area contributed by atoms with Crippen molar-refractivity contribution in [3.05, 3.63) is 59.2 Å². The van der Waals surface area contributed by atoms with Crippen molar-refractivity contribution >= 4 is 6.08 Å². The Hall–Kier alpha value is -2.42. The summed E-state index contributed by atoms with van der Waals surface area (Å²) in [6.07, 6.45) is 5.34. The summed E-state index contributed by atoms with van der Waals surface area (Å²) in [5.74, 6) is 2.34. The van der Waals surface area contributed by atoms with Crippen LogP contribution in [0.5, 0.6) is 17.2 Å². The van der Waals surface area contributed by atoms with Gasteiger partial charge in [0.25, 0.3) is 0 Å². The molecule has 0 saturated heterocycles. The van der Waals surface area contributed by atoms with Crippen molar-refractivity contribution in [2.45, 2.75) is 12.3 Å². The van der Waals surface area contributed by atoms with E-state index in [4.69, 9.17) is 14.2 Å². The molecular formula is C19H20O3. The van der Waals surface area contributed by atoms with Gasteiger partial charge in [-0.25, -0.2) is 0 Å². The second kappa shape index (κ2) is 6.14. The van der Waals surface area contributed by atoms with Gasteiger partial charge in [-0.3, -0.25) is 0 Å². The van der Waals surface area contributed by atoms with Gasteiger partial charge in [-0.2, -0.15) is 0 Å². The highest BCUT2D eigenvalue weighted by atomic mass is 16.5. The fourth-order valence-electron chi connectivity index (χ4n) is 3.13. The predicted octanol–water partition coefficient (Wildman–Crippen LogP) is 4.26. The summed E-state index contributed by atoms with van der Waals surface area (Å²) in [7, 11) is 4.94. The molecule has 1 aliphatic rings. The maximum atomic E-state index is 5.65. The van der Waals surface area contributed by atoms with E-state index in [0.29, 0.717) is 11.5 Å². The molecule has 0 amide bonds. The van der Waals surface area contributed by atoms with Gasteiger partial charge in [0.2, 0.25) is 5.75 Å². The zero-order valence-electron chi connectivity index (χ0n) is 13.1. The van der Waals surface area contributed by atoms with Crippen molar-refractivity contribution in [3.8, 4) is 17.2 Å². The van der Waals surface area contributed by atoms with E-state index in [1.807, 2.05) is 6.07 Å². The van der Waals surface area contributed by atoms with E-state index in [0.717, 1.165) is 17.7 Å². The first kappa shape index (κ1) is 14.5. The molecule has 0 saturated carbocycles. The van der Waals surface area contributed by atoms with Crippen molar-refractivity contribution in [2.75, 3.05) is 21.3 Å². The number of benzene rings is 2. The maximum absolute atomic E-state index is 5.65. The summed E-state index contributed by atoms with van der Waals surface area (Å²) in [5.41, 5.74) is 3.70. The third kappa shape index (κ3) is 2.33. The molecule has 1 aliphatic carbocycles. The van der Waals surface area contributed by atoms with Crippen LogP contribution in [0, 0.1) is 0 Å². The number of fused-ring (bicyclic) bond motifs is 1. The smallest absolute Gasteiger partial charge is 0.203 e. The number of hydrogen-bond acceptors (Lipinski definition) is 3. The zero-order valence-corrected chi connectivity index (χ0v) is 13.1. The first-order chi connectivity index (χ1) is 10.8. The summed E-state index contributed by atoms with van der Waals surface area (Å²) in [6, 6.07) is 12.5. The summed E-state index contributed by atoms with van der Waals surface area (Å²) in [6.45, 7) is 0. The molecule has 1 unspecified atom stereocenters. The maximum Gasteiger partial charge on any atom is 0.203 e. The highest BCUT2D eigenvalue weighted by molar-refractivity contribution is 5.64. The normalized spacial score (nSPS) is 16.0. The van der Waals surface area contributed by atoms with Gasteiger partial charge in [0, 0.05) is 11.5 Å². The van der Waals surface area contributed by atoms with Crippen LogP contribution in [0.1, 0.15) is 29.0 Å². The minimum Gasteiger partial charge on any atom is -0.493 e. The molecule has 3 nitrogen and oxygen atoms in total. The monoisotopic (exact) mass is 296 g/mol. The summed E-state index contributed by atoms with van der Waals surface area (Å²) in [4.78, 5) is 0. The van der Waals surface area contributed by atoms with Crippen LogP contribution >= 0.6 is 0 Å². The molecule has 0 N–H and O–H groups in total. The van der Waals surface area contributed by atoms with Crippen molar-refractivity contribution in [1.82, 2.24) is 0 Å². The van der Waals surface area contributed by atoms with E-state index in [-0.39, 0.29) is 5.92 Å². The van der Waals surface area contributed by atoms with Gasteiger partial charge in [0.05, 0.1) is 21.3 Å². The Balaban J connectivity index is 2.15. The van der Waals surface area contributed by atoms with Crippen LogP contribution in [-0.2, 0) is 0 Å². The Morgan fingerprint density at radius 2 is 1.59 bits per heavy atom. The lowest BCUT2D eigenvalue weighted by atomic mass is 9.82. The van der Waals surface area contributed by atoms with Crippen LogP contribution in [0.3, 0.4) is 0 Å². The van der Waals surface area contributed by atoms with Crippen molar-refractivity contribution in [1.29, 1.82) is 0 Å². The van der Waals surface area contributed by atoms with Crippen LogP contribution in [0.25, 0.3) is 6.08 Å². The van der Waals surface area contributed by atoms with E-state index < -0.39 is 0 Å². The lowest BCUT2D eigenvalue weighted by molar-refractivity contribution is 0.321. The van der Waals surface area contributed by atoms with Gasteiger partial charge >= 0.3 is 0 Å². The van der Waals surface area contributed by atoms with Crippen LogP contribution in [0.15, 0.2) is 42.5 Å². The van der Waals surface area contributed by atoms with Gasteiger partial charge in [-0.1, -0.05) is 42.5 Å². The van der Waals surface area contributed by atoms with Gasteiger partial charge in [0.1, 0.15) is 0 Å². The van der Waals surface area contributed by atoms with Crippen LogP contribution in [-0.4, -0.2) is 21.3 Å². The van der Waals surface area contributed by atoms with E-state index in [2.05, 4.69) is 42.5 Å². The molecule has 0 aromatic heterocycles. The average Bonchev–Trinajstić information content (AvgIpc) is 2.59. The largest absolute Gasteiger partial charge is 0.493 e. The molecular weight excluding hydrogens is 276 g/mol. The molecule has 0 heterocycles. The summed E-state index contributed by atoms with van der Waals surface area (Å²) < 4.78 is 16.5. The lowest BCUT2D eigenvalue weighted by Crippen LogP contribution is -2.08. The molecule has 2 aromatic carbocycles. The zero-order chi connectivity index (χ0) is 15.5. The Labute approximate surface area is 131 Å². The van der Waals surface area contributed by atoms with E-state index in [1.165, 1.54) is 11.1 Å². The molecule has 2 aromatic rings. The SMILES string of the molecule is COc1ccc(C2CC=Cc3ccccc32)c(OC)c1OC. The fourth-order valence-corrected chi connectivity index (χ4v) is 3.13. The molecule has 114 valence electrons. The molecule has 3 rings (SSSR count). The van der Waals surface area contributed by atoms with E-state index in [1.54, 1.807) is 21.3 Å². The minimum absolute atomic E-state index is 0.260. The number of ether oxygens (including phenoxy) is 3. The average molecular weight is 296 g/mol. The molecule has 0 bridgehead atoms. The minimum atomic E-state index is 0.260. The quantitative estimate of drug-likeness (QED) is 0.843. The lowest BCUT2D eigenvalue weighted by Gasteiger charge is -2.25. The highest BCUT2D eigenvalue weighted by Crippen LogP contribution is 2.46. The third-order valence-electron chi connectivity index (χ3n) is 4.15. The van der Waals surface area contributed by atoms with Crippen molar-refractivity contribution in [2.24, 2.45) is 0 Å². The van der Waals surface area contributed by atoms with E-state index in [9.17, 15) is 0 Å². The Morgan fingerprint density at radius 3 is 2.32 bits per heavy atom. The second-order valence-electron chi connectivity index (χ2n) is 5.24. The van der Waals surface area contributed by atoms with Crippen molar-refractivity contribution < 1.29 is 14.2 Å². The molecule has 22 heavy (non-hydrogen) atoms. The molecule has 1 atom stereocenters. The topological polar surface area (TPSA) is 27.7 Å². The van der Waals surface area contributed by atoms with Crippen molar-refractivity contribution in [3.63, 3.8) is 0 Å².